The van der Waals surface area contributed by atoms with E-state index in [-0.39, 0.29) is 11.9 Å². The monoisotopic (exact) mass is 322 g/mol. The van der Waals surface area contributed by atoms with Gasteiger partial charge in [-0.05, 0) is 37.5 Å². The second-order valence-corrected chi connectivity index (χ2v) is 7.31. The normalized spacial score (nSPS) is 25.2. The van der Waals surface area contributed by atoms with Crippen molar-refractivity contribution in [3.63, 3.8) is 0 Å². The number of hydrogen-bond acceptors (Lipinski definition) is 3. The lowest BCUT2D eigenvalue weighted by molar-refractivity contribution is -0.149. The van der Waals surface area contributed by atoms with Gasteiger partial charge in [0.1, 0.15) is 0 Å². The van der Waals surface area contributed by atoms with Crippen LogP contribution in [0.25, 0.3) is 0 Å². The number of esters is 1. The van der Waals surface area contributed by atoms with Crippen molar-refractivity contribution in [1.82, 2.24) is 0 Å². The van der Waals surface area contributed by atoms with Crippen molar-refractivity contribution in [3.05, 3.63) is 12.2 Å². The zero-order valence-electron chi connectivity index (χ0n) is 14.5. The Morgan fingerprint density at radius 2 is 1.48 bits per heavy atom. The maximum Gasteiger partial charge on any atom is 0.309 e. The zero-order valence-corrected chi connectivity index (χ0v) is 14.5. The lowest BCUT2D eigenvalue weighted by atomic mass is 9.94. The molecule has 3 atom stereocenters. The van der Waals surface area contributed by atoms with Crippen LogP contribution in [0.2, 0.25) is 0 Å². The second kappa shape index (κ2) is 10.9. The molecule has 0 aliphatic heterocycles. The van der Waals surface area contributed by atoms with Crippen molar-refractivity contribution in [2.75, 3.05) is 13.2 Å². The molecule has 0 aromatic rings. The first-order chi connectivity index (χ1) is 11.3. The van der Waals surface area contributed by atoms with Gasteiger partial charge >= 0.3 is 5.97 Å². The van der Waals surface area contributed by atoms with Crippen LogP contribution in [0.3, 0.4) is 0 Å². The van der Waals surface area contributed by atoms with Gasteiger partial charge in [-0.3, -0.25) is 4.79 Å². The van der Waals surface area contributed by atoms with Crippen molar-refractivity contribution in [3.8, 4) is 0 Å². The Morgan fingerprint density at radius 3 is 2.00 bits per heavy atom. The Bertz CT molecular complexity index is 364. The first-order valence-corrected chi connectivity index (χ1v) is 9.77. The number of carbonyl (C=O) groups is 1. The van der Waals surface area contributed by atoms with Gasteiger partial charge in [0, 0.05) is 6.61 Å². The molecular weight excluding hydrogens is 288 g/mol. The van der Waals surface area contributed by atoms with E-state index in [4.69, 9.17) is 9.84 Å². The van der Waals surface area contributed by atoms with Gasteiger partial charge in [0.25, 0.3) is 0 Å². The number of allylic oxidation sites excluding steroid dienone is 2. The molecule has 1 saturated carbocycles. The Balaban J connectivity index is 1.34. The minimum absolute atomic E-state index is 0.0460. The fourth-order valence-electron chi connectivity index (χ4n) is 3.96. The minimum atomic E-state index is 0.0460. The number of ether oxygens (including phenoxy) is 1. The van der Waals surface area contributed by atoms with E-state index in [1.54, 1.807) is 0 Å². The fourth-order valence-corrected chi connectivity index (χ4v) is 3.96. The van der Waals surface area contributed by atoms with Crippen molar-refractivity contribution < 1.29 is 14.6 Å². The molecule has 2 rings (SSSR count). The molecule has 0 aromatic heterocycles. The number of aliphatic hydroxyl groups is 1. The number of carbonyl (C=O) groups excluding carboxylic acids is 1. The van der Waals surface area contributed by atoms with E-state index in [1.807, 2.05) is 0 Å². The van der Waals surface area contributed by atoms with E-state index >= 15 is 0 Å². The molecule has 0 aromatic carbocycles. The molecule has 2 aliphatic rings. The van der Waals surface area contributed by atoms with Crippen LogP contribution in [0.4, 0.5) is 0 Å². The average molecular weight is 322 g/mol. The van der Waals surface area contributed by atoms with E-state index in [2.05, 4.69) is 12.2 Å². The van der Waals surface area contributed by atoms with Gasteiger partial charge in [-0.2, -0.15) is 0 Å². The minimum Gasteiger partial charge on any atom is -0.465 e. The van der Waals surface area contributed by atoms with E-state index < -0.39 is 0 Å². The van der Waals surface area contributed by atoms with Crippen LogP contribution in [0.1, 0.15) is 77.0 Å². The summed E-state index contributed by atoms with van der Waals surface area (Å²) >= 11 is 0. The molecule has 0 saturated heterocycles. The largest absolute Gasteiger partial charge is 0.465 e. The van der Waals surface area contributed by atoms with Gasteiger partial charge in [0.05, 0.1) is 12.5 Å². The zero-order chi connectivity index (χ0) is 16.3. The summed E-state index contributed by atoms with van der Waals surface area (Å²) in [6.07, 6.45) is 18.7. The van der Waals surface area contributed by atoms with Gasteiger partial charge in [0.2, 0.25) is 0 Å². The third-order valence-electron chi connectivity index (χ3n) is 5.38. The van der Waals surface area contributed by atoms with Crippen LogP contribution < -0.4 is 0 Å². The van der Waals surface area contributed by atoms with Crippen molar-refractivity contribution >= 4 is 5.97 Å². The van der Waals surface area contributed by atoms with Gasteiger partial charge in [-0.15, -0.1) is 0 Å². The highest BCUT2D eigenvalue weighted by Gasteiger charge is 2.40. The highest BCUT2D eigenvalue weighted by Crippen LogP contribution is 2.43. The van der Waals surface area contributed by atoms with Gasteiger partial charge in [-0.1, -0.05) is 63.5 Å². The maximum atomic E-state index is 12.0. The lowest BCUT2D eigenvalue weighted by Crippen LogP contribution is -2.21. The van der Waals surface area contributed by atoms with E-state index in [0.717, 1.165) is 19.3 Å². The number of unbranched alkanes of at least 4 members (excludes halogenated alkanes) is 9. The predicted molar refractivity (Wildman–Crippen MR) is 93.1 cm³/mol. The van der Waals surface area contributed by atoms with Crippen LogP contribution in [0.15, 0.2) is 12.2 Å². The Kier molecular flexibility index (Phi) is 8.73. The highest BCUT2D eigenvalue weighted by molar-refractivity contribution is 5.74. The maximum absolute atomic E-state index is 12.0. The van der Waals surface area contributed by atoms with Crippen LogP contribution in [0.5, 0.6) is 0 Å². The summed E-state index contributed by atoms with van der Waals surface area (Å²) in [6, 6.07) is 0. The molecule has 2 aliphatic carbocycles. The van der Waals surface area contributed by atoms with Crippen LogP contribution >= 0.6 is 0 Å². The number of aliphatic hydroxyl groups excluding tert-OH is 1. The molecule has 0 amide bonds. The standard InChI is InChI=1S/C20H34O3/c21-13-9-7-5-3-1-2-4-6-8-10-14-23-20(22)19-16-17-11-12-18(19)15-17/h11-12,17-19,21H,1-10,13-16H2. The van der Waals surface area contributed by atoms with Crippen molar-refractivity contribution in [2.24, 2.45) is 17.8 Å². The molecule has 3 unspecified atom stereocenters. The van der Waals surface area contributed by atoms with Crippen LogP contribution in [-0.2, 0) is 9.53 Å². The molecule has 23 heavy (non-hydrogen) atoms. The Hall–Kier alpha value is -0.830. The Labute approximate surface area is 141 Å². The lowest BCUT2D eigenvalue weighted by Gasteiger charge is -2.16. The predicted octanol–water partition coefficient (Wildman–Crippen LogP) is 4.64. The summed E-state index contributed by atoms with van der Waals surface area (Å²) in [5.41, 5.74) is 0. The first-order valence-electron chi connectivity index (χ1n) is 9.77. The molecule has 0 spiro atoms. The third kappa shape index (κ3) is 6.66. The summed E-state index contributed by atoms with van der Waals surface area (Å²) in [4.78, 5) is 12.0. The molecule has 0 heterocycles. The quantitative estimate of drug-likeness (QED) is 0.305. The summed E-state index contributed by atoms with van der Waals surface area (Å²) < 4.78 is 5.47. The molecule has 0 radical (unpaired) electrons. The Morgan fingerprint density at radius 1 is 0.870 bits per heavy atom. The molecule has 1 fully saturated rings. The number of rotatable bonds is 13. The number of hydrogen-bond donors (Lipinski definition) is 1. The molecule has 132 valence electrons. The van der Waals surface area contributed by atoms with Crippen LogP contribution in [-0.4, -0.2) is 24.3 Å². The number of fused-ring (bicyclic) bond motifs is 2. The van der Waals surface area contributed by atoms with E-state index in [1.165, 1.54) is 57.8 Å². The van der Waals surface area contributed by atoms with Gasteiger partial charge < -0.3 is 9.84 Å². The third-order valence-corrected chi connectivity index (χ3v) is 5.38. The molecular formula is C20H34O3. The van der Waals surface area contributed by atoms with Gasteiger partial charge in [-0.25, -0.2) is 0 Å². The average Bonchev–Trinajstić information content (AvgIpc) is 3.19. The summed E-state index contributed by atoms with van der Waals surface area (Å²) in [5.74, 6) is 1.30. The SMILES string of the molecule is O=C(OCCCCCCCCCCCCO)C1CC2C=CC1C2. The van der Waals surface area contributed by atoms with Gasteiger partial charge in [0.15, 0.2) is 0 Å². The molecule has 3 heteroatoms. The highest BCUT2D eigenvalue weighted by atomic mass is 16.5. The summed E-state index contributed by atoms with van der Waals surface area (Å²) in [6.45, 7) is 0.945. The smallest absolute Gasteiger partial charge is 0.309 e. The van der Waals surface area contributed by atoms with Crippen LogP contribution in [0, 0.1) is 17.8 Å². The first kappa shape index (κ1) is 18.5. The van der Waals surface area contributed by atoms with Crippen molar-refractivity contribution in [2.45, 2.75) is 77.0 Å². The molecule has 3 nitrogen and oxygen atoms in total. The van der Waals surface area contributed by atoms with Crippen molar-refractivity contribution in [1.29, 1.82) is 0 Å². The molecule has 1 N–H and O–H groups in total. The molecule has 2 bridgehead atoms. The van der Waals surface area contributed by atoms with E-state index in [9.17, 15) is 4.79 Å². The fraction of sp³-hybridized carbons (Fsp3) is 0.850. The second-order valence-electron chi connectivity index (χ2n) is 7.31. The summed E-state index contributed by atoms with van der Waals surface area (Å²) in [5, 5.41) is 8.70. The van der Waals surface area contributed by atoms with E-state index in [0.29, 0.717) is 25.0 Å². The summed E-state index contributed by atoms with van der Waals surface area (Å²) in [7, 11) is 0. The topological polar surface area (TPSA) is 46.5 Å².